The van der Waals surface area contributed by atoms with Gasteiger partial charge in [0.05, 0.1) is 10.7 Å². The summed E-state index contributed by atoms with van der Waals surface area (Å²) in [6.07, 6.45) is -4.49. The van der Waals surface area contributed by atoms with E-state index in [1.54, 1.807) is 5.38 Å². The molecule has 6 heteroatoms. The van der Waals surface area contributed by atoms with E-state index >= 15 is 0 Å². The van der Waals surface area contributed by atoms with E-state index in [9.17, 15) is 13.2 Å². The highest BCUT2D eigenvalue weighted by Gasteiger charge is 2.27. The minimum Gasteiger partial charge on any atom is -0.324 e. The van der Waals surface area contributed by atoms with Gasteiger partial charge in [-0.15, -0.1) is 11.3 Å². The maximum absolute atomic E-state index is 12.1. The van der Waals surface area contributed by atoms with Crippen LogP contribution >= 0.6 is 11.3 Å². The molecule has 1 aromatic heterocycles. The molecular formula is C14H15F3N2S. The third-order valence-electron chi connectivity index (χ3n) is 2.88. The van der Waals surface area contributed by atoms with Gasteiger partial charge in [0.25, 0.3) is 0 Å². The molecule has 0 saturated heterocycles. The molecule has 0 aliphatic heterocycles. The third kappa shape index (κ3) is 4.61. The summed E-state index contributed by atoms with van der Waals surface area (Å²) in [4.78, 5) is 4.22. The van der Waals surface area contributed by atoms with Gasteiger partial charge in [0, 0.05) is 30.7 Å². The molecule has 2 N–H and O–H groups in total. The Kier molecular flexibility index (Phi) is 4.77. The number of aromatic nitrogens is 1. The number of hydrogen-bond acceptors (Lipinski definition) is 3. The zero-order valence-corrected chi connectivity index (χ0v) is 11.5. The van der Waals surface area contributed by atoms with Crippen molar-refractivity contribution in [1.29, 1.82) is 0 Å². The van der Waals surface area contributed by atoms with Crippen LogP contribution in [-0.2, 0) is 12.8 Å². The molecule has 0 bridgehead atoms. The number of nitrogens with two attached hydrogens (primary N) is 1. The SMILES string of the molecule is NC(Cc1csc(CCC(F)(F)F)n1)c1ccccc1. The molecule has 0 amide bonds. The molecule has 2 nitrogen and oxygen atoms in total. The fraction of sp³-hybridized carbons (Fsp3) is 0.357. The van der Waals surface area contributed by atoms with Crippen LogP contribution in [0.2, 0.25) is 0 Å². The van der Waals surface area contributed by atoms with Crippen LogP contribution in [0.4, 0.5) is 13.2 Å². The molecule has 1 atom stereocenters. The first-order valence-electron chi connectivity index (χ1n) is 6.24. The van der Waals surface area contributed by atoms with Gasteiger partial charge in [0.15, 0.2) is 0 Å². The minimum atomic E-state index is -4.13. The molecule has 1 unspecified atom stereocenters. The minimum absolute atomic E-state index is 0.0608. The van der Waals surface area contributed by atoms with Crippen LogP contribution in [-0.4, -0.2) is 11.2 Å². The van der Waals surface area contributed by atoms with Crippen LogP contribution < -0.4 is 5.73 Å². The predicted molar refractivity (Wildman–Crippen MR) is 73.6 cm³/mol. The van der Waals surface area contributed by atoms with Crippen LogP contribution in [0.1, 0.15) is 28.7 Å². The van der Waals surface area contributed by atoms with Gasteiger partial charge in [-0.05, 0) is 5.56 Å². The molecule has 1 heterocycles. The summed E-state index contributed by atoms with van der Waals surface area (Å²) in [5.41, 5.74) is 7.81. The largest absolute Gasteiger partial charge is 0.389 e. The van der Waals surface area contributed by atoms with Crippen molar-refractivity contribution in [3.63, 3.8) is 0 Å². The van der Waals surface area contributed by atoms with Gasteiger partial charge < -0.3 is 5.73 Å². The normalized spacial score (nSPS) is 13.4. The van der Waals surface area contributed by atoms with Crippen molar-refractivity contribution in [2.24, 2.45) is 5.73 Å². The van der Waals surface area contributed by atoms with Crippen molar-refractivity contribution >= 4 is 11.3 Å². The van der Waals surface area contributed by atoms with E-state index in [-0.39, 0.29) is 12.5 Å². The lowest BCUT2D eigenvalue weighted by molar-refractivity contribution is -0.134. The zero-order chi connectivity index (χ0) is 14.6. The average Bonchev–Trinajstić information content (AvgIpc) is 2.84. The van der Waals surface area contributed by atoms with E-state index < -0.39 is 12.6 Å². The first-order chi connectivity index (χ1) is 9.44. The molecule has 0 aliphatic carbocycles. The number of hydrogen-bond donors (Lipinski definition) is 1. The molecule has 0 radical (unpaired) electrons. The van der Waals surface area contributed by atoms with Gasteiger partial charge >= 0.3 is 6.18 Å². The molecule has 2 aromatic rings. The Labute approximate surface area is 119 Å². The Morgan fingerprint density at radius 1 is 1.20 bits per heavy atom. The number of benzene rings is 1. The molecule has 0 fully saturated rings. The summed E-state index contributed by atoms with van der Waals surface area (Å²) in [5.74, 6) is 0. The van der Waals surface area contributed by atoms with E-state index in [1.807, 2.05) is 30.3 Å². The topological polar surface area (TPSA) is 38.9 Å². The van der Waals surface area contributed by atoms with Crippen molar-refractivity contribution in [3.8, 4) is 0 Å². The molecule has 108 valence electrons. The Morgan fingerprint density at radius 3 is 2.55 bits per heavy atom. The lowest BCUT2D eigenvalue weighted by Gasteiger charge is -2.09. The smallest absolute Gasteiger partial charge is 0.324 e. The highest BCUT2D eigenvalue weighted by Crippen LogP contribution is 2.24. The van der Waals surface area contributed by atoms with Crippen molar-refractivity contribution < 1.29 is 13.2 Å². The highest BCUT2D eigenvalue weighted by molar-refractivity contribution is 7.09. The maximum Gasteiger partial charge on any atom is 0.389 e. The standard InChI is InChI=1S/C14H15F3N2S/c15-14(16,17)7-6-13-19-11(9-20-13)8-12(18)10-4-2-1-3-5-10/h1-5,9,12H,6-8,18H2. The Bertz CT molecular complexity index is 537. The van der Waals surface area contributed by atoms with E-state index in [0.29, 0.717) is 11.4 Å². The number of thiazole rings is 1. The molecule has 2 rings (SSSR count). The Balaban J connectivity index is 1.93. The number of halogens is 3. The summed E-state index contributed by atoms with van der Waals surface area (Å²) < 4.78 is 36.4. The number of alkyl halides is 3. The van der Waals surface area contributed by atoms with Gasteiger partial charge in [0.1, 0.15) is 0 Å². The fourth-order valence-corrected chi connectivity index (χ4v) is 2.66. The second kappa shape index (κ2) is 6.37. The molecule has 20 heavy (non-hydrogen) atoms. The molecule has 0 aliphatic rings. The van der Waals surface area contributed by atoms with Crippen molar-refractivity contribution in [2.75, 3.05) is 0 Å². The van der Waals surface area contributed by atoms with Crippen LogP contribution in [0, 0.1) is 0 Å². The summed E-state index contributed by atoms with van der Waals surface area (Å²) in [5, 5.41) is 2.30. The Hall–Kier alpha value is -1.40. The summed E-state index contributed by atoms with van der Waals surface area (Å²) >= 11 is 1.26. The van der Waals surface area contributed by atoms with Crippen LogP contribution in [0.25, 0.3) is 0 Å². The molecule has 0 spiro atoms. The summed E-state index contributed by atoms with van der Waals surface area (Å²) in [6.45, 7) is 0. The first-order valence-corrected chi connectivity index (χ1v) is 7.12. The van der Waals surface area contributed by atoms with Crippen molar-refractivity contribution in [3.05, 3.63) is 52.0 Å². The molecule has 1 aromatic carbocycles. The van der Waals surface area contributed by atoms with Gasteiger partial charge in [-0.2, -0.15) is 13.2 Å². The maximum atomic E-state index is 12.1. The Morgan fingerprint density at radius 2 is 1.90 bits per heavy atom. The lowest BCUT2D eigenvalue weighted by Crippen LogP contribution is -2.13. The second-order valence-electron chi connectivity index (χ2n) is 4.57. The van der Waals surface area contributed by atoms with E-state index in [0.717, 1.165) is 11.3 Å². The highest BCUT2D eigenvalue weighted by atomic mass is 32.1. The van der Waals surface area contributed by atoms with Crippen molar-refractivity contribution in [1.82, 2.24) is 4.98 Å². The predicted octanol–water partition coefficient (Wildman–Crippen LogP) is 3.88. The molecule has 0 saturated carbocycles. The monoisotopic (exact) mass is 300 g/mol. The third-order valence-corrected chi connectivity index (χ3v) is 3.84. The van der Waals surface area contributed by atoms with Gasteiger partial charge in [-0.25, -0.2) is 4.98 Å². The summed E-state index contributed by atoms with van der Waals surface area (Å²) in [7, 11) is 0. The fourth-order valence-electron chi connectivity index (χ4n) is 1.85. The van der Waals surface area contributed by atoms with Gasteiger partial charge in [-0.1, -0.05) is 30.3 Å². The van der Waals surface area contributed by atoms with E-state index in [4.69, 9.17) is 5.73 Å². The van der Waals surface area contributed by atoms with Crippen LogP contribution in [0.3, 0.4) is 0 Å². The van der Waals surface area contributed by atoms with E-state index in [2.05, 4.69) is 4.98 Å². The average molecular weight is 300 g/mol. The van der Waals surface area contributed by atoms with Gasteiger partial charge in [-0.3, -0.25) is 0 Å². The van der Waals surface area contributed by atoms with Gasteiger partial charge in [0.2, 0.25) is 0 Å². The van der Waals surface area contributed by atoms with Crippen molar-refractivity contribution in [2.45, 2.75) is 31.5 Å². The zero-order valence-electron chi connectivity index (χ0n) is 10.7. The quantitative estimate of drug-likeness (QED) is 0.910. The molecular weight excluding hydrogens is 285 g/mol. The van der Waals surface area contributed by atoms with E-state index in [1.165, 1.54) is 11.3 Å². The number of nitrogens with zero attached hydrogens (tertiary/aromatic N) is 1. The second-order valence-corrected chi connectivity index (χ2v) is 5.51. The summed E-state index contributed by atoms with van der Waals surface area (Å²) in [6, 6.07) is 9.40. The first kappa shape index (κ1) is 15.0. The van der Waals surface area contributed by atoms with Crippen LogP contribution in [0.15, 0.2) is 35.7 Å². The van der Waals surface area contributed by atoms with Crippen LogP contribution in [0.5, 0.6) is 0 Å². The number of aryl methyl sites for hydroxylation is 1. The number of rotatable bonds is 5. The lowest BCUT2D eigenvalue weighted by atomic mass is 10.0.